The number of hydrogen-bond acceptors (Lipinski definition) is 6. The fourth-order valence-corrected chi connectivity index (χ4v) is 3.34. The van der Waals surface area contributed by atoms with Crippen LogP contribution in [0.4, 0.5) is 5.69 Å². The van der Waals surface area contributed by atoms with Crippen molar-refractivity contribution in [1.29, 1.82) is 0 Å². The lowest BCUT2D eigenvalue weighted by molar-refractivity contribution is -0.113. The van der Waals surface area contributed by atoms with Crippen molar-refractivity contribution in [3.63, 3.8) is 0 Å². The number of rotatable bonds is 7. The van der Waals surface area contributed by atoms with E-state index in [-0.39, 0.29) is 11.7 Å². The van der Waals surface area contributed by atoms with Gasteiger partial charge in [-0.1, -0.05) is 17.8 Å². The highest BCUT2D eigenvalue weighted by molar-refractivity contribution is 7.99. The minimum atomic E-state index is -0.153. The van der Waals surface area contributed by atoms with E-state index in [9.17, 15) is 4.79 Å². The van der Waals surface area contributed by atoms with Crippen LogP contribution in [0, 0.1) is 0 Å². The van der Waals surface area contributed by atoms with Gasteiger partial charge in [-0.15, -0.1) is 10.2 Å². The zero-order valence-electron chi connectivity index (χ0n) is 15.0. The van der Waals surface area contributed by atoms with E-state index in [0.29, 0.717) is 28.2 Å². The quantitative estimate of drug-likeness (QED) is 0.483. The average molecular weight is 395 g/mol. The lowest BCUT2D eigenvalue weighted by Crippen LogP contribution is -2.15. The highest BCUT2D eigenvalue weighted by atomic mass is 32.2. The molecule has 1 aromatic carbocycles. The molecule has 0 aliphatic rings. The molecule has 0 spiro atoms. The topological polar surface area (TPSA) is 87.1 Å². The van der Waals surface area contributed by atoms with Crippen molar-refractivity contribution in [1.82, 2.24) is 19.5 Å². The zero-order valence-corrected chi connectivity index (χ0v) is 15.8. The Morgan fingerprint density at radius 1 is 1.18 bits per heavy atom. The van der Waals surface area contributed by atoms with Gasteiger partial charge < -0.3 is 14.5 Å². The SMILES string of the molecule is COc1cccc(NC(=O)CSc2nnc(-c3ccco3)n2-n2cccc2)c1. The number of aromatic nitrogens is 4. The molecule has 1 N–H and O–H groups in total. The Balaban J connectivity index is 1.51. The van der Waals surface area contributed by atoms with Gasteiger partial charge in [-0.05, 0) is 36.4 Å². The highest BCUT2D eigenvalue weighted by Crippen LogP contribution is 2.25. The molecular weight excluding hydrogens is 378 g/mol. The van der Waals surface area contributed by atoms with Crippen LogP contribution in [0.2, 0.25) is 0 Å². The molecule has 0 fully saturated rings. The predicted octanol–water partition coefficient (Wildman–Crippen LogP) is 3.39. The fourth-order valence-electron chi connectivity index (χ4n) is 2.61. The molecule has 0 atom stereocenters. The smallest absolute Gasteiger partial charge is 0.234 e. The minimum Gasteiger partial charge on any atom is -0.497 e. The summed E-state index contributed by atoms with van der Waals surface area (Å²) in [7, 11) is 1.58. The van der Waals surface area contributed by atoms with E-state index in [1.807, 2.05) is 53.5 Å². The van der Waals surface area contributed by atoms with Gasteiger partial charge >= 0.3 is 0 Å². The van der Waals surface area contributed by atoms with Crippen LogP contribution in [-0.2, 0) is 4.79 Å². The number of nitrogens with one attached hydrogen (secondary N) is 1. The largest absolute Gasteiger partial charge is 0.497 e. The molecule has 4 aromatic rings. The molecule has 0 saturated carbocycles. The summed E-state index contributed by atoms with van der Waals surface area (Å²) in [4.78, 5) is 12.4. The first-order valence-corrected chi connectivity index (χ1v) is 9.43. The molecule has 8 nitrogen and oxygen atoms in total. The van der Waals surface area contributed by atoms with Crippen LogP contribution in [0.3, 0.4) is 0 Å². The third-order valence-corrected chi connectivity index (χ3v) is 4.78. The van der Waals surface area contributed by atoms with E-state index in [4.69, 9.17) is 9.15 Å². The van der Waals surface area contributed by atoms with Crippen molar-refractivity contribution in [2.75, 3.05) is 18.2 Å². The standard InChI is InChI=1S/C19H17N5O3S/c1-26-15-7-4-6-14(12-15)20-17(25)13-28-19-22-21-18(16-8-5-11-27-16)24(19)23-9-2-3-10-23/h2-12H,13H2,1H3,(H,20,25). The molecule has 4 rings (SSSR count). The number of ether oxygens (including phenoxy) is 1. The first-order chi connectivity index (χ1) is 13.7. The normalized spacial score (nSPS) is 10.8. The minimum absolute atomic E-state index is 0.153. The highest BCUT2D eigenvalue weighted by Gasteiger charge is 2.18. The fraction of sp³-hybridized carbons (Fsp3) is 0.105. The predicted molar refractivity (Wildman–Crippen MR) is 105 cm³/mol. The molecule has 0 unspecified atom stereocenters. The third-order valence-electron chi connectivity index (χ3n) is 3.86. The monoisotopic (exact) mass is 395 g/mol. The average Bonchev–Trinajstić information content (AvgIpc) is 3.47. The van der Waals surface area contributed by atoms with E-state index in [1.165, 1.54) is 11.8 Å². The molecule has 0 aliphatic heterocycles. The summed E-state index contributed by atoms with van der Waals surface area (Å²) in [6.07, 6.45) is 5.32. The maximum absolute atomic E-state index is 12.4. The van der Waals surface area contributed by atoms with Crippen molar-refractivity contribution >= 4 is 23.4 Å². The lowest BCUT2D eigenvalue weighted by Gasteiger charge is -2.10. The number of carbonyl (C=O) groups is 1. The molecule has 3 aromatic heterocycles. The van der Waals surface area contributed by atoms with Gasteiger partial charge in [0.1, 0.15) is 5.75 Å². The Morgan fingerprint density at radius 3 is 2.79 bits per heavy atom. The van der Waals surface area contributed by atoms with Gasteiger partial charge in [0, 0.05) is 24.1 Å². The maximum atomic E-state index is 12.4. The second-order valence-corrected chi connectivity index (χ2v) is 6.67. The van der Waals surface area contributed by atoms with E-state index in [2.05, 4.69) is 15.5 Å². The van der Waals surface area contributed by atoms with Crippen molar-refractivity contribution in [3.05, 3.63) is 67.2 Å². The number of anilines is 1. The van der Waals surface area contributed by atoms with E-state index in [0.717, 1.165) is 0 Å². The summed E-state index contributed by atoms with van der Waals surface area (Å²) in [6, 6.07) is 14.6. The van der Waals surface area contributed by atoms with Crippen molar-refractivity contribution < 1.29 is 13.9 Å². The Bertz CT molecular complexity index is 1060. The Labute approximate surface area is 165 Å². The van der Waals surface area contributed by atoms with E-state index in [1.54, 1.807) is 30.2 Å². The van der Waals surface area contributed by atoms with Gasteiger partial charge in [0.15, 0.2) is 5.76 Å². The molecule has 3 heterocycles. The van der Waals surface area contributed by atoms with Crippen LogP contribution < -0.4 is 10.1 Å². The molecule has 9 heteroatoms. The number of furan rings is 1. The Hall–Kier alpha value is -3.46. The van der Waals surface area contributed by atoms with Crippen molar-refractivity contribution in [2.24, 2.45) is 0 Å². The number of amides is 1. The van der Waals surface area contributed by atoms with Gasteiger partial charge in [-0.2, -0.15) is 0 Å². The molecule has 0 bridgehead atoms. The third kappa shape index (κ3) is 3.79. The molecular formula is C19H17N5O3S. The number of hydrogen-bond donors (Lipinski definition) is 1. The molecule has 0 radical (unpaired) electrons. The molecule has 28 heavy (non-hydrogen) atoms. The van der Waals surface area contributed by atoms with Crippen LogP contribution in [-0.4, -0.2) is 38.3 Å². The number of carbonyl (C=O) groups excluding carboxylic acids is 1. The van der Waals surface area contributed by atoms with E-state index < -0.39 is 0 Å². The van der Waals surface area contributed by atoms with Crippen LogP contribution in [0.15, 0.2) is 76.8 Å². The first kappa shape index (κ1) is 17.9. The molecule has 0 saturated heterocycles. The number of nitrogens with zero attached hydrogens (tertiary/aromatic N) is 4. The zero-order chi connectivity index (χ0) is 19.3. The Kier molecular flexibility index (Phi) is 5.16. The summed E-state index contributed by atoms with van der Waals surface area (Å²) in [5, 5.41) is 11.9. The number of benzene rings is 1. The lowest BCUT2D eigenvalue weighted by atomic mass is 10.3. The van der Waals surface area contributed by atoms with Crippen molar-refractivity contribution in [3.8, 4) is 17.3 Å². The van der Waals surface area contributed by atoms with Crippen LogP contribution in [0.25, 0.3) is 11.6 Å². The van der Waals surface area contributed by atoms with Gasteiger partial charge in [-0.25, -0.2) is 4.68 Å². The second-order valence-electron chi connectivity index (χ2n) is 5.73. The van der Waals surface area contributed by atoms with Crippen molar-refractivity contribution in [2.45, 2.75) is 5.16 Å². The number of thioether (sulfide) groups is 1. The summed E-state index contributed by atoms with van der Waals surface area (Å²) in [6.45, 7) is 0. The first-order valence-electron chi connectivity index (χ1n) is 8.44. The summed E-state index contributed by atoms with van der Waals surface area (Å²) in [5.41, 5.74) is 0.674. The Morgan fingerprint density at radius 2 is 2.04 bits per heavy atom. The van der Waals surface area contributed by atoms with Gasteiger partial charge in [-0.3, -0.25) is 9.47 Å². The van der Waals surface area contributed by atoms with Crippen LogP contribution >= 0.6 is 11.8 Å². The summed E-state index contributed by atoms with van der Waals surface area (Å²) in [5.74, 6) is 1.85. The summed E-state index contributed by atoms with van der Waals surface area (Å²) >= 11 is 1.28. The van der Waals surface area contributed by atoms with Crippen LogP contribution in [0.5, 0.6) is 5.75 Å². The van der Waals surface area contributed by atoms with Gasteiger partial charge in [0.25, 0.3) is 0 Å². The maximum Gasteiger partial charge on any atom is 0.234 e. The summed E-state index contributed by atoms with van der Waals surface area (Å²) < 4.78 is 14.3. The second kappa shape index (κ2) is 8.05. The van der Waals surface area contributed by atoms with Gasteiger partial charge in [0.05, 0.1) is 19.1 Å². The van der Waals surface area contributed by atoms with Gasteiger partial charge in [0.2, 0.25) is 16.9 Å². The molecule has 142 valence electrons. The van der Waals surface area contributed by atoms with E-state index >= 15 is 0 Å². The molecule has 0 aliphatic carbocycles. The molecule has 1 amide bonds. The number of methoxy groups -OCH3 is 1. The van der Waals surface area contributed by atoms with Crippen LogP contribution in [0.1, 0.15) is 0 Å².